The minimum absolute atomic E-state index is 0.232. The third kappa shape index (κ3) is 4.55. The third-order valence-electron chi connectivity index (χ3n) is 3.08. The molecule has 0 aliphatic heterocycles. The van der Waals surface area contributed by atoms with Crippen LogP contribution in [0.3, 0.4) is 0 Å². The number of hydrogen-bond donors (Lipinski definition) is 2. The Morgan fingerprint density at radius 3 is 1.83 bits per heavy atom. The van der Waals surface area contributed by atoms with E-state index in [2.05, 4.69) is 10.6 Å². The highest BCUT2D eigenvalue weighted by atomic mass is 19.4. The fourth-order valence-corrected chi connectivity index (χ4v) is 1.92. The number of urea groups is 1. The average Bonchev–Trinajstić information content (AvgIpc) is 2.53. The number of hydrogen-bond acceptors (Lipinski definition) is 3. The molecule has 0 radical (unpaired) electrons. The van der Waals surface area contributed by atoms with Gasteiger partial charge < -0.3 is 20.1 Å². The molecule has 5 nitrogen and oxygen atoms in total. The average molecular weight is 340 g/mol. The molecule has 0 aliphatic carbocycles. The van der Waals surface area contributed by atoms with E-state index in [0.717, 1.165) is 12.1 Å². The van der Waals surface area contributed by atoms with E-state index in [9.17, 15) is 18.0 Å². The molecule has 0 bridgehead atoms. The zero-order valence-electron chi connectivity index (χ0n) is 12.9. The van der Waals surface area contributed by atoms with Crippen molar-refractivity contribution in [2.45, 2.75) is 6.18 Å². The van der Waals surface area contributed by atoms with E-state index >= 15 is 0 Å². The van der Waals surface area contributed by atoms with Crippen molar-refractivity contribution in [3.8, 4) is 11.5 Å². The summed E-state index contributed by atoms with van der Waals surface area (Å²) in [5.41, 5.74) is -0.142. The number of rotatable bonds is 4. The van der Waals surface area contributed by atoms with Crippen molar-refractivity contribution in [1.29, 1.82) is 0 Å². The highest BCUT2D eigenvalue weighted by Gasteiger charge is 2.29. The van der Waals surface area contributed by atoms with Crippen molar-refractivity contribution < 1.29 is 27.4 Å². The summed E-state index contributed by atoms with van der Waals surface area (Å²) in [5.74, 6) is 0.971. The van der Waals surface area contributed by atoms with E-state index < -0.39 is 17.8 Å². The molecule has 0 spiro atoms. The van der Waals surface area contributed by atoms with Crippen molar-refractivity contribution in [2.75, 3.05) is 24.9 Å². The zero-order valence-corrected chi connectivity index (χ0v) is 12.9. The molecule has 0 unspecified atom stereocenters. The van der Waals surface area contributed by atoms with E-state index in [4.69, 9.17) is 9.47 Å². The Morgan fingerprint density at radius 2 is 1.38 bits per heavy atom. The van der Waals surface area contributed by atoms with E-state index in [1.165, 1.54) is 26.4 Å². The second-order valence-corrected chi connectivity index (χ2v) is 4.76. The molecule has 0 aromatic heterocycles. The van der Waals surface area contributed by atoms with Crippen LogP contribution in [-0.4, -0.2) is 20.3 Å². The fourth-order valence-electron chi connectivity index (χ4n) is 1.92. The van der Waals surface area contributed by atoms with Crippen LogP contribution in [-0.2, 0) is 6.18 Å². The number of halogens is 3. The summed E-state index contributed by atoms with van der Waals surface area (Å²) in [5, 5.41) is 5.00. The summed E-state index contributed by atoms with van der Waals surface area (Å²) in [4.78, 5) is 11.9. The van der Waals surface area contributed by atoms with Crippen LogP contribution in [0.5, 0.6) is 11.5 Å². The number of ether oxygens (including phenoxy) is 2. The summed E-state index contributed by atoms with van der Waals surface area (Å²) in [6.45, 7) is 0. The Labute approximate surface area is 136 Å². The highest BCUT2D eigenvalue weighted by Crippen LogP contribution is 2.30. The van der Waals surface area contributed by atoms with Crippen LogP contribution in [0.1, 0.15) is 5.56 Å². The fraction of sp³-hybridized carbons (Fsp3) is 0.188. The monoisotopic (exact) mass is 340 g/mol. The topological polar surface area (TPSA) is 59.6 Å². The number of anilines is 2. The van der Waals surface area contributed by atoms with Gasteiger partial charge in [-0.25, -0.2) is 4.79 Å². The van der Waals surface area contributed by atoms with Gasteiger partial charge in [0.2, 0.25) is 0 Å². The lowest BCUT2D eigenvalue weighted by atomic mass is 10.2. The molecule has 0 fully saturated rings. The first-order valence-electron chi connectivity index (χ1n) is 6.80. The van der Waals surface area contributed by atoms with Crippen molar-refractivity contribution in [1.82, 2.24) is 0 Å². The van der Waals surface area contributed by atoms with Gasteiger partial charge in [0.05, 0.1) is 19.8 Å². The van der Waals surface area contributed by atoms with Gasteiger partial charge in [-0.2, -0.15) is 13.2 Å². The molecule has 0 saturated heterocycles. The van der Waals surface area contributed by atoms with Crippen LogP contribution in [0.4, 0.5) is 29.3 Å². The molecule has 2 amide bonds. The largest absolute Gasteiger partial charge is 0.497 e. The Balaban J connectivity index is 2.05. The second kappa shape index (κ2) is 7.12. The quantitative estimate of drug-likeness (QED) is 0.869. The van der Waals surface area contributed by atoms with Crippen molar-refractivity contribution in [3.63, 3.8) is 0 Å². The van der Waals surface area contributed by atoms with Gasteiger partial charge in [-0.15, -0.1) is 0 Å². The minimum Gasteiger partial charge on any atom is -0.497 e. The van der Waals surface area contributed by atoms with Crippen LogP contribution in [0.15, 0.2) is 42.5 Å². The van der Waals surface area contributed by atoms with Gasteiger partial charge in [0, 0.05) is 29.6 Å². The molecule has 0 heterocycles. The summed E-state index contributed by atoms with van der Waals surface area (Å²) < 4.78 is 47.6. The molecule has 0 atom stereocenters. The SMILES string of the molecule is COc1cc(NC(=O)Nc2ccc(C(F)(F)F)cc2)cc(OC)c1. The molecule has 2 N–H and O–H groups in total. The number of amides is 2. The van der Waals surface area contributed by atoms with Gasteiger partial charge in [0.1, 0.15) is 11.5 Å². The van der Waals surface area contributed by atoms with Crippen LogP contribution in [0.2, 0.25) is 0 Å². The maximum atomic E-state index is 12.5. The van der Waals surface area contributed by atoms with Crippen molar-refractivity contribution in [2.24, 2.45) is 0 Å². The standard InChI is InChI=1S/C16H15F3N2O3/c1-23-13-7-12(8-14(9-13)24-2)21-15(22)20-11-5-3-10(4-6-11)16(17,18)19/h3-9H,1-2H3,(H2,20,21,22). The molecule has 8 heteroatoms. The van der Waals surface area contributed by atoms with E-state index in [-0.39, 0.29) is 5.69 Å². The van der Waals surface area contributed by atoms with Gasteiger partial charge in [-0.05, 0) is 24.3 Å². The summed E-state index contributed by atoms with van der Waals surface area (Å²) in [6, 6.07) is 8.32. The predicted molar refractivity (Wildman–Crippen MR) is 83.6 cm³/mol. The van der Waals surface area contributed by atoms with Crippen molar-refractivity contribution in [3.05, 3.63) is 48.0 Å². The Morgan fingerprint density at radius 1 is 0.875 bits per heavy atom. The van der Waals surface area contributed by atoms with E-state index in [1.807, 2.05) is 0 Å². The molecular weight excluding hydrogens is 325 g/mol. The Hall–Kier alpha value is -2.90. The minimum atomic E-state index is -4.42. The van der Waals surface area contributed by atoms with Crippen LogP contribution in [0, 0.1) is 0 Å². The van der Waals surface area contributed by atoms with Gasteiger partial charge in [0.25, 0.3) is 0 Å². The molecule has 0 saturated carbocycles. The lowest BCUT2D eigenvalue weighted by Gasteiger charge is -2.11. The lowest BCUT2D eigenvalue weighted by molar-refractivity contribution is -0.137. The normalized spacial score (nSPS) is 10.9. The molecule has 24 heavy (non-hydrogen) atoms. The number of carbonyl (C=O) groups is 1. The molecule has 128 valence electrons. The second-order valence-electron chi connectivity index (χ2n) is 4.76. The highest BCUT2D eigenvalue weighted by molar-refractivity contribution is 6.00. The molecule has 2 aromatic carbocycles. The first-order chi connectivity index (χ1) is 11.3. The summed E-state index contributed by atoms with van der Waals surface area (Å²) in [7, 11) is 2.95. The van der Waals surface area contributed by atoms with E-state index in [0.29, 0.717) is 17.2 Å². The molecule has 2 aromatic rings. The first kappa shape index (κ1) is 17.5. The Bertz CT molecular complexity index is 693. The smallest absolute Gasteiger partial charge is 0.416 e. The van der Waals surface area contributed by atoms with Crippen molar-refractivity contribution >= 4 is 17.4 Å². The van der Waals surface area contributed by atoms with Gasteiger partial charge in [-0.3, -0.25) is 0 Å². The predicted octanol–water partition coefficient (Wildman–Crippen LogP) is 4.37. The molecular formula is C16H15F3N2O3. The first-order valence-corrected chi connectivity index (χ1v) is 6.80. The van der Waals surface area contributed by atoms with Crippen LogP contribution >= 0.6 is 0 Å². The molecule has 2 rings (SSSR count). The number of alkyl halides is 3. The maximum Gasteiger partial charge on any atom is 0.416 e. The van der Waals surface area contributed by atoms with E-state index in [1.54, 1.807) is 18.2 Å². The maximum absolute atomic E-state index is 12.5. The van der Waals surface area contributed by atoms with Crippen LogP contribution < -0.4 is 20.1 Å². The van der Waals surface area contributed by atoms with Gasteiger partial charge >= 0.3 is 12.2 Å². The van der Waals surface area contributed by atoms with Gasteiger partial charge in [0.15, 0.2) is 0 Å². The third-order valence-corrected chi connectivity index (χ3v) is 3.08. The number of carbonyl (C=O) groups excluding carboxylic acids is 1. The molecule has 0 aliphatic rings. The number of nitrogens with one attached hydrogen (secondary N) is 2. The number of benzene rings is 2. The number of methoxy groups -OCH3 is 2. The Kier molecular flexibility index (Phi) is 5.18. The lowest BCUT2D eigenvalue weighted by Crippen LogP contribution is -2.19. The zero-order chi connectivity index (χ0) is 17.7. The summed E-state index contributed by atoms with van der Waals surface area (Å²) in [6.07, 6.45) is -4.42. The summed E-state index contributed by atoms with van der Waals surface area (Å²) >= 11 is 0. The van der Waals surface area contributed by atoms with Gasteiger partial charge in [-0.1, -0.05) is 0 Å². The van der Waals surface area contributed by atoms with Crippen LogP contribution in [0.25, 0.3) is 0 Å².